The highest BCUT2D eigenvalue weighted by Crippen LogP contribution is 2.17. The first-order chi connectivity index (χ1) is 7.75. The molecule has 0 atom stereocenters. The third kappa shape index (κ3) is 4.14. The lowest BCUT2D eigenvalue weighted by Gasteiger charge is -2.08. The number of benzene rings is 1. The Balaban J connectivity index is 2.26. The summed E-state index contributed by atoms with van der Waals surface area (Å²) in [5.74, 6) is -1.12. The van der Waals surface area contributed by atoms with Crippen molar-refractivity contribution in [3.63, 3.8) is 0 Å². The molecule has 0 saturated heterocycles. The molecule has 0 amide bonds. The Morgan fingerprint density at radius 1 is 1.00 bits per heavy atom. The van der Waals surface area contributed by atoms with Gasteiger partial charge in [0.1, 0.15) is 17.3 Å². The molecule has 90 valence electrons. The van der Waals surface area contributed by atoms with Crippen molar-refractivity contribution in [1.29, 1.82) is 0 Å². The number of rotatable bonds is 7. The van der Waals surface area contributed by atoms with Crippen LogP contribution in [0.15, 0.2) is 18.2 Å². The SMILES string of the molecule is OCCCCCCNc1c(F)cccc1F. The molecule has 1 aromatic rings. The molecule has 0 fully saturated rings. The van der Waals surface area contributed by atoms with Gasteiger partial charge in [-0.2, -0.15) is 0 Å². The van der Waals surface area contributed by atoms with Crippen molar-refractivity contribution >= 4 is 5.69 Å². The molecule has 1 rings (SSSR count). The number of halogens is 2. The van der Waals surface area contributed by atoms with E-state index in [-0.39, 0.29) is 12.3 Å². The molecule has 0 unspecified atom stereocenters. The van der Waals surface area contributed by atoms with Gasteiger partial charge >= 0.3 is 0 Å². The molecule has 0 aliphatic heterocycles. The fourth-order valence-corrected chi connectivity index (χ4v) is 1.47. The fourth-order valence-electron chi connectivity index (χ4n) is 1.47. The summed E-state index contributed by atoms with van der Waals surface area (Å²) in [6.45, 7) is 0.749. The molecular weight excluding hydrogens is 212 g/mol. The lowest BCUT2D eigenvalue weighted by atomic mass is 10.2. The zero-order valence-electron chi connectivity index (χ0n) is 9.18. The van der Waals surface area contributed by atoms with Crippen molar-refractivity contribution < 1.29 is 13.9 Å². The number of aliphatic hydroxyl groups is 1. The quantitative estimate of drug-likeness (QED) is 0.704. The normalized spacial score (nSPS) is 10.4. The van der Waals surface area contributed by atoms with Gasteiger partial charge in [-0.25, -0.2) is 8.78 Å². The Hall–Kier alpha value is -1.16. The largest absolute Gasteiger partial charge is 0.396 e. The van der Waals surface area contributed by atoms with Gasteiger partial charge < -0.3 is 10.4 Å². The zero-order chi connectivity index (χ0) is 11.8. The first-order valence-electron chi connectivity index (χ1n) is 5.54. The van der Waals surface area contributed by atoms with Crippen LogP contribution in [0.5, 0.6) is 0 Å². The van der Waals surface area contributed by atoms with Gasteiger partial charge in [-0.1, -0.05) is 18.9 Å². The topological polar surface area (TPSA) is 32.3 Å². The van der Waals surface area contributed by atoms with Gasteiger partial charge in [0.05, 0.1) is 0 Å². The molecule has 0 aromatic heterocycles. The summed E-state index contributed by atoms with van der Waals surface area (Å²) in [5.41, 5.74) is -0.0512. The molecule has 1 aromatic carbocycles. The first kappa shape index (κ1) is 12.9. The van der Waals surface area contributed by atoms with Crippen molar-refractivity contribution in [2.45, 2.75) is 25.7 Å². The number of unbranched alkanes of at least 4 members (excludes halogenated alkanes) is 3. The minimum Gasteiger partial charge on any atom is -0.396 e. The molecular formula is C12H17F2NO. The van der Waals surface area contributed by atoms with E-state index in [9.17, 15) is 8.78 Å². The summed E-state index contributed by atoms with van der Waals surface area (Å²) in [7, 11) is 0. The highest BCUT2D eigenvalue weighted by molar-refractivity contribution is 5.45. The van der Waals surface area contributed by atoms with Gasteiger partial charge in [-0.15, -0.1) is 0 Å². The van der Waals surface area contributed by atoms with Crippen LogP contribution in [0.1, 0.15) is 25.7 Å². The summed E-state index contributed by atoms with van der Waals surface area (Å²) in [6.07, 6.45) is 3.52. The molecule has 4 heteroatoms. The number of hydrogen-bond donors (Lipinski definition) is 2. The van der Waals surface area contributed by atoms with Crippen LogP contribution in [-0.4, -0.2) is 18.3 Å². The van der Waals surface area contributed by atoms with Crippen LogP contribution in [0.2, 0.25) is 0 Å². The van der Waals surface area contributed by atoms with Gasteiger partial charge in [-0.05, 0) is 25.0 Å². The molecule has 0 spiro atoms. The Kier molecular flexibility index (Phi) is 5.78. The molecule has 0 aliphatic carbocycles. The molecule has 0 bridgehead atoms. The Bertz CT molecular complexity index is 298. The smallest absolute Gasteiger partial charge is 0.149 e. The minimum absolute atomic E-state index is 0.0512. The maximum atomic E-state index is 13.1. The van der Waals surface area contributed by atoms with Gasteiger partial charge in [0, 0.05) is 13.2 Å². The van der Waals surface area contributed by atoms with E-state index in [0.29, 0.717) is 6.54 Å². The van der Waals surface area contributed by atoms with Crippen LogP contribution in [-0.2, 0) is 0 Å². The molecule has 16 heavy (non-hydrogen) atoms. The summed E-state index contributed by atoms with van der Waals surface area (Å²) in [5, 5.41) is 11.3. The summed E-state index contributed by atoms with van der Waals surface area (Å²) < 4.78 is 26.3. The van der Waals surface area contributed by atoms with E-state index in [4.69, 9.17) is 5.11 Å². The van der Waals surface area contributed by atoms with E-state index < -0.39 is 11.6 Å². The number of hydrogen-bond acceptors (Lipinski definition) is 2. The Morgan fingerprint density at radius 2 is 1.62 bits per heavy atom. The lowest BCUT2D eigenvalue weighted by molar-refractivity contribution is 0.283. The van der Waals surface area contributed by atoms with E-state index in [1.54, 1.807) is 0 Å². The van der Waals surface area contributed by atoms with Gasteiger partial charge in [-0.3, -0.25) is 0 Å². The average molecular weight is 229 g/mol. The summed E-state index contributed by atoms with van der Waals surface area (Å²) >= 11 is 0. The number of para-hydroxylation sites is 1. The molecule has 0 radical (unpaired) electrons. The minimum atomic E-state index is -0.560. The second-order valence-electron chi connectivity index (χ2n) is 3.66. The van der Waals surface area contributed by atoms with Crippen LogP contribution in [0, 0.1) is 11.6 Å². The Morgan fingerprint density at radius 3 is 2.25 bits per heavy atom. The highest BCUT2D eigenvalue weighted by Gasteiger charge is 2.06. The predicted octanol–water partition coefficient (Wildman–Crippen LogP) is 2.93. The van der Waals surface area contributed by atoms with Crippen LogP contribution >= 0.6 is 0 Å². The first-order valence-corrected chi connectivity index (χ1v) is 5.54. The third-order valence-corrected chi connectivity index (χ3v) is 2.35. The van der Waals surface area contributed by atoms with E-state index in [0.717, 1.165) is 25.7 Å². The maximum Gasteiger partial charge on any atom is 0.149 e. The van der Waals surface area contributed by atoms with Crippen LogP contribution in [0.4, 0.5) is 14.5 Å². The Labute approximate surface area is 94.3 Å². The van der Waals surface area contributed by atoms with Crippen LogP contribution < -0.4 is 5.32 Å². The predicted molar refractivity (Wildman–Crippen MR) is 60.4 cm³/mol. The molecule has 2 nitrogen and oxygen atoms in total. The van der Waals surface area contributed by atoms with Gasteiger partial charge in [0.25, 0.3) is 0 Å². The van der Waals surface area contributed by atoms with Crippen molar-refractivity contribution in [2.24, 2.45) is 0 Å². The van der Waals surface area contributed by atoms with Crippen LogP contribution in [0.3, 0.4) is 0 Å². The van der Waals surface area contributed by atoms with Crippen LogP contribution in [0.25, 0.3) is 0 Å². The number of nitrogens with one attached hydrogen (secondary N) is 1. The monoisotopic (exact) mass is 229 g/mol. The molecule has 0 saturated carbocycles. The fraction of sp³-hybridized carbons (Fsp3) is 0.500. The van der Waals surface area contributed by atoms with E-state index in [2.05, 4.69) is 5.32 Å². The summed E-state index contributed by atoms with van der Waals surface area (Å²) in [4.78, 5) is 0. The second-order valence-corrected chi connectivity index (χ2v) is 3.66. The molecule has 0 heterocycles. The van der Waals surface area contributed by atoms with E-state index in [1.807, 2.05) is 0 Å². The van der Waals surface area contributed by atoms with Crippen molar-refractivity contribution in [1.82, 2.24) is 0 Å². The lowest BCUT2D eigenvalue weighted by Crippen LogP contribution is -2.05. The van der Waals surface area contributed by atoms with Crippen molar-refractivity contribution in [3.05, 3.63) is 29.8 Å². The van der Waals surface area contributed by atoms with Gasteiger partial charge in [0.15, 0.2) is 0 Å². The third-order valence-electron chi connectivity index (χ3n) is 2.35. The second kappa shape index (κ2) is 7.17. The van der Waals surface area contributed by atoms with Crippen molar-refractivity contribution in [3.8, 4) is 0 Å². The number of anilines is 1. The number of aliphatic hydroxyl groups excluding tert-OH is 1. The zero-order valence-corrected chi connectivity index (χ0v) is 9.18. The van der Waals surface area contributed by atoms with Gasteiger partial charge in [0.2, 0.25) is 0 Å². The maximum absolute atomic E-state index is 13.1. The standard InChI is InChI=1S/C12H17F2NO/c13-10-6-5-7-11(14)12(10)15-8-3-1-2-4-9-16/h5-7,15-16H,1-4,8-9H2. The summed E-state index contributed by atoms with van der Waals surface area (Å²) in [6, 6.07) is 3.81. The van der Waals surface area contributed by atoms with E-state index in [1.165, 1.54) is 18.2 Å². The van der Waals surface area contributed by atoms with Crippen molar-refractivity contribution in [2.75, 3.05) is 18.5 Å². The highest BCUT2D eigenvalue weighted by atomic mass is 19.1. The molecule has 2 N–H and O–H groups in total. The van der Waals surface area contributed by atoms with E-state index >= 15 is 0 Å². The molecule has 0 aliphatic rings. The average Bonchev–Trinajstić information content (AvgIpc) is 2.26.